The van der Waals surface area contributed by atoms with E-state index in [1.165, 1.54) is 19.3 Å². The first kappa shape index (κ1) is 11.9. The first-order valence-electron chi connectivity index (χ1n) is 6.71. The van der Waals surface area contributed by atoms with E-state index in [1.807, 2.05) is 0 Å². The van der Waals surface area contributed by atoms with Crippen LogP contribution in [0.25, 0.3) is 0 Å². The van der Waals surface area contributed by atoms with Crippen LogP contribution in [0.2, 0.25) is 0 Å². The highest BCUT2D eigenvalue weighted by Crippen LogP contribution is 2.38. The van der Waals surface area contributed by atoms with Crippen molar-refractivity contribution in [2.75, 3.05) is 19.6 Å². The van der Waals surface area contributed by atoms with Crippen molar-refractivity contribution in [1.29, 1.82) is 0 Å². The molecule has 1 aliphatic carbocycles. The van der Waals surface area contributed by atoms with Crippen molar-refractivity contribution in [2.24, 2.45) is 23.5 Å². The van der Waals surface area contributed by atoms with E-state index in [2.05, 4.69) is 11.8 Å². The first-order valence-corrected chi connectivity index (χ1v) is 6.71. The van der Waals surface area contributed by atoms with Gasteiger partial charge in [0.05, 0.1) is 0 Å². The van der Waals surface area contributed by atoms with Crippen LogP contribution in [0.4, 0.5) is 0 Å². The van der Waals surface area contributed by atoms with Crippen molar-refractivity contribution in [3.05, 3.63) is 0 Å². The molecule has 2 rings (SSSR count). The zero-order chi connectivity index (χ0) is 11.5. The van der Waals surface area contributed by atoms with Gasteiger partial charge in [-0.25, -0.2) is 0 Å². The molecule has 92 valence electrons. The number of nitrogens with zero attached hydrogens (tertiary/aromatic N) is 1. The lowest BCUT2D eigenvalue weighted by molar-refractivity contribution is -0.137. The van der Waals surface area contributed by atoms with Crippen molar-refractivity contribution in [3.8, 4) is 0 Å². The molecule has 0 aromatic rings. The number of amides is 1. The minimum atomic E-state index is 0.261. The van der Waals surface area contributed by atoms with Crippen LogP contribution >= 0.6 is 0 Å². The van der Waals surface area contributed by atoms with Gasteiger partial charge in [0, 0.05) is 19.0 Å². The average Bonchev–Trinajstić information content (AvgIpc) is 3.12. The predicted molar refractivity (Wildman–Crippen MR) is 64.9 cm³/mol. The summed E-state index contributed by atoms with van der Waals surface area (Å²) in [4.78, 5) is 14.3. The number of rotatable bonds is 4. The summed E-state index contributed by atoms with van der Waals surface area (Å²) < 4.78 is 0. The van der Waals surface area contributed by atoms with E-state index >= 15 is 0 Å². The highest BCUT2D eigenvalue weighted by molar-refractivity contribution is 5.79. The molecule has 1 heterocycles. The zero-order valence-electron chi connectivity index (χ0n) is 10.3. The second-order valence-electron chi connectivity index (χ2n) is 5.50. The third-order valence-electron chi connectivity index (χ3n) is 4.12. The summed E-state index contributed by atoms with van der Waals surface area (Å²) >= 11 is 0. The number of piperidine rings is 1. The molecule has 1 amide bonds. The van der Waals surface area contributed by atoms with Gasteiger partial charge in [-0.3, -0.25) is 4.79 Å². The maximum Gasteiger partial charge on any atom is 0.225 e. The summed E-state index contributed by atoms with van der Waals surface area (Å²) in [6.45, 7) is 4.78. The second kappa shape index (κ2) is 5.17. The highest BCUT2D eigenvalue weighted by atomic mass is 16.2. The Morgan fingerprint density at radius 2 is 2.19 bits per heavy atom. The minimum absolute atomic E-state index is 0.261. The Morgan fingerprint density at radius 1 is 1.44 bits per heavy atom. The Morgan fingerprint density at radius 3 is 2.81 bits per heavy atom. The molecule has 2 fully saturated rings. The van der Waals surface area contributed by atoms with Crippen LogP contribution in [-0.2, 0) is 4.79 Å². The fourth-order valence-electron chi connectivity index (χ4n) is 2.82. The molecule has 16 heavy (non-hydrogen) atoms. The van der Waals surface area contributed by atoms with Crippen molar-refractivity contribution < 1.29 is 4.79 Å². The number of carbonyl (C=O) groups is 1. The third kappa shape index (κ3) is 2.76. The molecule has 0 spiro atoms. The highest BCUT2D eigenvalue weighted by Gasteiger charge is 2.36. The van der Waals surface area contributed by atoms with E-state index in [4.69, 9.17) is 5.73 Å². The number of likely N-dealkylation sites (tertiary alicyclic amines) is 1. The van der Waals surface area contributed by atoms with E-state index < -0.39 is 0 Å². The largest absolute Gasteiger partial charge is 0.342 e. The van der Waals surface area contributed by atoms with E-state index in [9.17, 15) is 4.79 Å². The number of carbonyl (C=O) groups excluding carboxylic acids is 1. The number of nitrogens with two attached hydrogens (primary N) is 1. The summed E-state index contributed by atoms with van der Waals surface area (Å²) in [7, 11) is 0. The fourth-order valence-corrected chi connectivity index (χ4v) is 2.82. The van der Waals surface area contributed by atoms with E-state index in [0.29, 0.717) is 17.7 Å². The van der Waals surface area contributed by atoms with Crippen molar-refractivity contribution in [3.63, 3.8) is 0 Å². The molecule has 1 aliphatic heterocycles. The van der Waals surface area contributed by atoms with Crippen LogP contribution < -0.4 is 5.73 Å². The molecule has 0 bridgehead atoms. The van der Waals surface area contributed by atoms with Gasteiger partial charge in [0.25, 0.3) is 0 Å². The molecule has 0 aromatic heterocycles. The Balaban J connectivity index is 1.85. The molecule has 2 atom stereocenters. The topological polar surface area (TPSA) is 46.3 Å². The van der Waals surface area contributed by atoms with Crippen LogP contribution in [0, 0.1) is 17.8 Å². The standard InChI is InChI=1S/C13H24N2O/c1-10(12-4-5-12)13(16)15-8-2-3-11(9-15)6-7-14/h10-12H,2-9,14H2,1H3. The molecule has 3 nitrogen and oxygen atoms in total. The second-order valence-corrected chi connectivity index (χ2v) is 5.50. The van der Waals surface area contributed by atoms with Gasteiger partial charge in [0.2, 0.25) is 5.91 Å². The minimum Gasteiger partial charge on any atom is -0.342 e. The molecule has 2 N–H and O–H groups in total. The lowest BCUT2D eigenvalue weighted by Gasteiger charge is -2.34. The molecule has 0 aromatic carbocycles. The molecule has 3 heteroatoms. The smallest absolute Gasteiger partial charge is 0.225 e. The Labute approximate surface area is 98.4 Å². The van der Waals surface area contributed by atoms with Crippen LogP contribution in [0.1, 0.15) is 39.0 Å². The third-order valence-corrected chi connectivity index (χ3v) is 4.12. The van der Waals surface area contributed by atoms with Gasteiger partial charge in [0.1, 0.15) is 0 Å². The normalized spacial score (nSPS) is 27.9. The lowest BCUT2D eigenvalue weighted by atomic mass is 9.93. The number of hydrogen-bond donors (Lipinski definition) is 1. The summed E-state index contributed by atoms with van der Waals surface area (Å²) in [6.07, 6.45) is 5.99. The fraction of sp³-hybridized carbons (Fsp3) is 0.923. The van der Waals surface area contributed by atoms with Crippen molar-refractivity contribution >= 4 is 5.91 Å². The zero-order valence-corrected chi connectivity index (χ0v) is 10.3. The molecular formula is C13H24N2O. The van der Waals surface area contributed by atoms with Crippen LogP contribution in [0.15, 0.2) is 0 Å². The van der Waals surface area contributed by atoms with Gasteiger partial charge >= 0.3 is 0 Å². The first-order chi connectivity index (χ1) is 7.72. The SMILES string of the molecule is CC(C(=O)N1CCCC(CCN)C1)C1CC1. The summed E-state index contributed by atoms with van der Waals surface area (Å²) in [5, 5.41) is 0. The van der Waals surface area contributed by atoms with Gasteiger partial charge in [-0.1, -0.05) is 6.92 Å². The molecule has 1 saturated carbocycles. The van der Waals surface area contributed by atoms with Crippen LogP contribution in [-0.4, -0.2) is 30.4 Å². The Kier molecular flexibility index (Phi) is 3.85. The summed E-state index contributed by atoms with van der Waals surface area (Å²) in [6, 6.07) is 0. The van der Waals surface area contributed by atoms with E-state index in [1.54, 1.807) is 0 Å². The molecule has 2 aliphatic rings. The summed E-state index contributed by atoms with van der Waals surface area (Å²) in [5.41, 5.74) is 5.60. The Hall–Kier alpha value is -0.570. The van der Waals surface area contributed by atoms with Crippen molar-refractivity contribution in [1.82, 2.24) is 4.90 Å². The Bertz CT molecular complexity index is 248. The van der Waals surface area contributed by atoms with Gasteiger partial charge in [0.15, 0.2) is 0 Å². The average molecular weight is 224 g/mol. The van der Waals surface area contributed by atoms with E-state index in [0.717, 1.165) is 32.5 Å². The predicted octanol–water partition coefficient (Wildman–Crippen LogP) is 1.62. The maximum atomic E-state index is 12.2. The van der Waals surface area contributed by atoms with Crippen LogP contribution in [0.3, 0.4) is 0 Å². The van der Waals surface area contributed by atoms with Gasteiger partial charge < -0.3 is 10.6 Å². The van der Waals surface area contributed by atoms with Gasteiger partial charge in [-0.15, -0.1) is 0 Å². The van der Waals surface area contributed by atoms with Gasteiger partial charge in [-0.05, 0) is 50.5 Å². The molecule has 0 radical (unpaired) electrons. The molecule has 1 saturated heterocycles. The van der Waals surface area contributed by atoms with Crippen molar-refractivity contribution in [2.45, 2.75) is 39.0 Å². The maximum absolute atomic E-state index is 12.2. The van der Waals surface area contributed by atoms with E-state index in [-0.39, 0.29) is 5.92 Å². The molecule has 2 unspecified atom stereocenters. The van der Waals surface area contributed by atoms with Gasteiger partial charge in [-0.2, -0.15) is 0 Å². The monoisotopic (exact) mass is 224 g/mol. The summed E-state index contributed by atoms with van der Waals surface area (Å²) in [5.74, 6) is 1.98. The quantitative estimate of drug-likeness (QED) is 0.788. The number of hydrogen-bond acceptors (Lipinski definition) is 2. The lowest BCUT2D eigenvalue weighted by Crippen LogP contribution is -2.43. The van der Waals surface area contributed by atoms with Crippen LogP contribution in [0.5, 0.6) is 0 Å². The molecular weight excluding hydrogens is 200 g/mol.